The number of ketones is 1. The molecule has 4 aromatic rings. The first-order valence-corrected chi connectivity index (χ1v) is 16.3. The number of likely N-dealkylation sites (tertiary alicyclic amines) is 1. The van der Waals surface area contributed by atoms with Crippen LogP contribution in [0.25, 0.3) is 0 Å². The molecule has 0 saturated carbocycles. The molecule has 16 heteroatoms. The maximum Gasteiger partial charge on any atom is 0.326 e. The molecule has 15 nitrogen and oxygen atoms in total. The van der Waals surface area contributed by atoms with Gasteiger partial charge in [-0.3, -0.25) is 28.9 Å². The summed E-state index contributed by atoms with van der Waals surface area (Å²) in [7, 11) is 4.98. The highest BCUT2D eigenvalue weighted by Gasteiger charge is 2.39. The summed E-state index contributed by atoms with van der Waals surface area (Å²) >= 11 is 1.44. The Morgan fingerprint density at radius 3 is 1.92 bits per heavy atom. The molecule has 6 amide bonds. The number of hydrogen-bond acceptors (Lipinski definition) is 7. The molecule has 1 saturated heterocycles. The molecule has 6 rings (SSSR count). The number of carbonyl (C=O) groups excluding carboxylic acids is 6. The lowest BCUT2D eigenvalue weighted by molar-refractivity contribution is -0.117. The molecule has 4 aromatic heterocycles. The summed E-state index contributed by atoms with van der Waals surface area (Å²) in [5, 5.41) is 13.0. The van der Waals surface area contributed by atoms with E-state index < -0.39 is 23.6 Å². The SMILES string of the molecule is Cc1csc2c1C1CCN(C(=O)Nc3cc(C(=O)Nc4cc(C(=O)Nc5cc(C(=O)NCCC(N)=O)n(C)c5)n(C)c4)n(C)c3)C1=CC2=O. The first-order valence-electron chi connectivity index (χ1n) is 15.4. The lowest BCUT2D eigenvalue weighted by atomic mass is 9.87. The van der Waals surface area contributed by atoms with Gasteiger partial charge in [0.2, 0.25) is 5.91 Å². The number of urea groups is 1. The molecular formula is C33H35N9O6S. The van der Waals surface area contributed by atoms with Gasteiger partial charge in [-0.25, -0.2) is 4.79 Å². The number of nitrogens with one attached hydrogen (secondary N) is 4. The standard InChI is InChI=1S/C33H35N9O6S/c1-17-16-49-29-26(43)12-22-21(28(17)29)6-8-42(22)33(48)38-20-11-25(41(4)15-20)32(47)37-19-10-24(40(3)14-19)31(46)36-18-9-23(39(2)13-18)30(45)35-7-5-27(34)44/h9-16,21H,5-8H2,1-4H3,(H2,34,44)(H,35,45)(H,36,46)(H,37,47)(H,38,48). The number of thiophene rings is 1. The molecule has 1 fully saturated rings. The minimum atomic E-state index is -0.531. The Bertz CT molecular complexity index is 2080. The van der Waals surface area contributed by atoms with E-state index in [4.69, 9.17) is 5.73 Å². The van der Waals surface area contributed by atoms with E-state index in [1.54, 1.807) is 70.5 Å². The van der Waals surface area contributed by atoms with Gasteiger partial charge in [-0.15, -0.1) is 11.3 Å². The molecule has 1 unspecified atom stereocenters. The maximum absolute atomic E-state index is 13.3. The lowest BCUT2D eigenvalue weighted by Gasteiger charge is -2.24. The van der Waals surface area contributed by atoms with Crippen LogP contribution in [0.2, 0.25) is 0 Å². The Morgan fingerprint density at radius 2 is 1.37 bits per heavy atom. The van der Waals surface area contributed by atoms with Crippen LogP contribution in [0.15, 0.2) is 53.9 Å². The number of carbonyl (C=O) groups is 6. The molecule has 0 aromatic carbocycles. The van der Waals surface area contributed by atoms with E-state index in [2.05, 4.69) is 21.3 Å². The van der Waals surface area contributed by atoms with Crippen molar-refractivity contribution in [1.29, 1.82) is 0 Å². The van der Waals surface area contributed by atoms with Gasteiger partial charge in [0.15, 0.2) is 5.78 Å². The molecule has 1 aliphatic carbocycles. The zero-order chi connectivity index (χ0) is 35.1. The van der Waals surface area contributed by atoms with E-state index in [0.717, 1.165) is 22.4 Å². The fourth-order valence-corrected chi connectivity index (χ4v) is 7.26. The van der Waals surface area contributed by atoms with Crippen LogP contribution in [0.3, 0.4) is 0 Å². The molecule has 1 atom stereocenters. The second-order valence-corrected chi connectivity index (χ2v) is 13.0. The van der Waals surface area contributed by atoms with Crippen LogP contribution < -0.4 is 27.0 Å². The molecule has 0 bridgehead atoms. The summed E-state index contributed by atoms with van der Waals surface area (Å²) in [4.78, 5) is 78.1. The van der Waals surface area contributed by atoms with Crippen molar-refractivity contribution >= 4 is 63.8 Å². The van der Waals surface area contributed by atoms with Crippen LogP contribution in [0.4, 0.5) is 21.9 Å². The highest BCUT2D eigenvalue weighted by Crippen LogP contribution is 2.45. The van der Waals surface area contributed by atoms with Crippen molar-refractivity contribution in [3.63, 3.8) is 0 Å². The predicted molar refractivity (Wildman–Crippen MR) is 183 cm³/mol. The van der Waals surface area contributed by atoms with Gasteiger partial charge in [-0.2, -0.15) is 0 Å². The Morgan fingerprint density at radius 1 is 0.837 bits per heavy atom. The van der Waals surface area contributed by atoms with Crippen molar-refractivity contribution in [3.8, 4) is 0 Å². The number of rotatable bonds is 9. The number of aromatic nitrogens is 3. The van der Waals surface area contributed by atoms with Crippen molar-refractivity contribution in [2.24, 2.45) is 26.9 Å². The largest absolute Gasteiger partial charge is 0.370 e. The number of anilines is 3. The van der Waals surface area contributed by atoms with E-state index in [1.165, 1.54) is 23.5 Å². The van der Waals surface area contributed by atoms with E-state index >= 15 is 0 Å². The van der Waals surface area contributed by atoms with Gasteiger partial charge in [0.1, 0.15) is 17.1 Å². The van der Waals surface area contributed by atoms with Crippen LogP contribution in [0.1, 0.15) is 71.0 Å². The van der Waals surface area contributed by atoms with Crippen LogP contribution in [0.5, 0.6) is 0 Å². The molecule has 0 spiro atoms. The summed E-state index contributed by atoms with van der Waals surface area (Å²) in [6, 6.07) is 4.19. The second-order valence-electron chi connectivity index (χ2n) is 12.1. The number of nitrogens with two attached hydrogens (primary N) is 1. The molecule has 0 radical (unpaired) electrons. The van der Waals surface area contributed by atoms with Crippen LogP contribution in [-0.4, -0.2) is 67.1 Å². The topological polar surface area (TPSA) is 195 Å². The highest BCUT2D eigenvalue weighted by molar-refractivity contribution is 7.12. The number of primary amides is 1. The number of hydrogen-bond donors (Lipinski definition) is 5. The minimum Gasteiger partial charge on any atom is -0.370 e. The van der Waals surface area contributed by atoms with Gasteiger partial charge in [0.25, 0.3) is 17.7 Å². The fourth-order valence-electron chi connectivity index (χ4n) is 6.24. The molecular weight excluding hydrogens is 650 g/mol. The van der Waals surface area contributed by atoms with Gasteiger partial charge >= 0.3 is 6.03 Å². The number of fused-ring (bicyclic) bond motifs is 3. The Kier molecular flexibility index (Phi) is 8.73. The lowest BCUT2D eigenvalue weighted by Crippen LogP contribution is -2.32. The Balaban J connectivity index is 1.08. The molecule has 5 heterocycles. The summed E-state index contributed by atoms with van der Waals surface area (Å²) < 4.78 is 4.67. The second kappa shape index (κ2) is 13.0. The van der Waals surface area contributed by atoms with Crippen LogP contribution in [0, 0.1) is 6.92 Å². The number of amides is 6. The zero-order valence-corrected chi connectivity index (χ0v) is 28.1. The Labute approximate surface area is 284 Å². The maximum atomic E-state index is 13.3. The third-order valence-electron chi connectivity index (χ3n) is 8.57. The van der Waals surface area contributed by atoms with Gasteiger partial charge in [0.05, 0.1) is 21.9 Å². The average Bonchev–Trinajstić information content (AvgIpc) is 3.85. The van der Waals surface area contributed by atoms with Crippen molar-refractivity contribution in [1.82, 2.24) is 23.9 Å². The molecule has 2 aliphatic rings. The first-order chi connectivity index (χ1) is 23.3. The van der Waals surface area contributed by atoms with Crippen molar-refractivity contribution in [3.05, 3.63) is 87.0 Å². The molecule has 6 N–H and O–H groups in total. The van der Waals surface area contributed by atoms with E-state index in [9.17, 15) is 28.8 Å². The summed E-state index contributed by atoms with van der Waals surface area (Å²) in [5.74, 6) is -1.98. The summed E-state index contributed by atoms with van der Waals surface area (Å²) in [5.41, 5.74) is 9.80. The quantitative estimate of drug-likeness (QED) is 0.179. The number of nitrogens with zero attached hydrogens (tertiary/aromatic N) is 4. The average molecular weight is 686 g/mol. The zero-order valence-electron chi connectivity index (χ0n) is 27.2. The molecule has 49 heavy (non-hydrogen) atoms. The number of aryl methyl sites for hydroxylation is 4. The van der Waals surface area contributed by atoms with Gasteiger partial charge in [0, 0.05) is 76.9 Å². The van der Waals surface area contributed by atoms with Crippen molar-refractivity contribution < 1.29 is 28.8 Å². The van der Waals surface area contributed by atoms with Crippen LogP contribution >= 0.6 is 11.3 Å². The van der Waals surface area contributed by atoms with Crippen LogP contribution in [-0.2, 0) is 25.9 Å². The predicted octanol–water partition coefficient (Wildman–Crippen LogP) is 3.28. The Hall–Kier alpha value is -5.90. The molecule has 254 valence electrons. The summed E-state index contributed by atoms with van der Waals surface area (Å²) in [6.07, 6.45) is 7.07. The first kappa shape index (κ1) is 33.0. The summed E-state index contributed by atoms with van der Waals surface area (Å²) in [6.45, 7) is 2.54. The monoisotopic (exact) mass is 685 g/mol. The molecule has 1 aliphatic heterocycles. The fraction of sp³-hybridized carbons (Fsp3) is 0.273. The third-order valence-corrected chi connectivity index (χ3v) is 9.69. The van der Waals surface area contributed by atoms with E-state index in [1.807, 2.05) is 12.3 Å². The van der Waals surface area contributed by atoms with E-state index in [0.29, 0.717) is 29.3 Å². The smallest absolute Gasteiger partial charge is 0.326 e. The highest BCUT2D eigenvalue weighted by atomic mass is 32.1. The third kappa shape index (κ3) is 6.49. The van der Waals surface area contributed by atoms with Gasteiger partial charge in [-0.1, -0.05) is 0 Å². The number of allylic oxidation sites excluding steroid dienone is 2. The minimum absolute atomic E-state index is 0.00284. The normalized spacial score (nSPS) is 14.9. The van der Waals surface area contributed by atoms with Gasteiger partial charge in [-0.05, 0) is 48.1 Å². The van der Waals surface area contributed by atoms with Crippen molar-refractivity contribution in [2.75, 3.05) is 29.0 Å². The van der Waals surface area contributed by atoms with Gasteiger partial charge < -0.3 is 40.7 Å². The van der Waals surface area contributed by atoms with Crippen molar-refractivity contribution in [2.45, 2.75) is 25.7 Å². The van der Waals surface area contributed by atoms with E-state index in [-0.39, 0.29) is 47.8 Å².